The maximum absolute atomic E-state index is 10.6. The summed E-state index contributed by atoms with van der Waals surface area (Å²) in [4.78, 5) is 0. The smallest absolute Gasteiger partial charge is 0.309 e. The van der Waals surface area contributed by atoms with Gasteiger partial charge in [0.25, 0.3) is 0 Å². The van der Waals surface area contributed by atoms with E-state index < -0.39 is 22.4 Å². The van der Waals surface area contributed by atoms with Crippen LogP contribution in [0.15, 0.2) is 36.4 Å². The lowest BCUT2D eigenvalue weighted by Crippen LogP contribution is -2.49. The van der Waals surface area contributed by atoms with Crippen LogP contribution in [0, 0.1) is 0 Å². The summed E-state index contributed by atoms with van der Waals surface area (Å²) in [6.45, 7) is 19.7. The first kappa shape index (κ1) is 32.9. The summed E-state index contributed by atoms with van der Waals surface area (Å²) in [6, 6.07) is 13.5. The third-order valence-corrected chi connectivity index (χ3v) is 9.82. The predicted molar refractivity (Wildman–Crippen MR) is 173 cm³/mol. The van der Waals surface area contributed by atoms with Gasteiger partial charge in [-0.1, -0.05) is 99.7 Å². The van der Waals surface area contributed by atoms with Gasteiger partial charge in [-0.25, -0.2) is 0 Å². The van der Waals surface area contributed by atoms with Crippen LogP contribution in [0.5, 0.6) is 0 Å². The molecule has 0 saturated carbocycles. The second-order valence-electron chi connectivity index (χ2n) is 14.3. The first-order valence-electron chi connectivity index (χ1n) is 15.4. The maximum Gasteiger partial charge on any atom is 0.309 e. The van der Waals surface area contributed by atoms with Gasteiger partial charge >= 0.3 is 15.0 Å². The number of unbranched alkanes of at least 4 members (excludes halogenated alkanes) is 5. The lowest BCUT2D eigenvalue weighted by molar-refractivity contribution is -0.0893. The van der Waals surface area contributed by atoms with Crippen molar-refractivity contribution in [3.8, 4) is 11.1 Å². The van der Waals surface area contributed by atoms with Crippen LogP contribution in [0.1, 0.15) is 125 Å². The van der Waals surface area contributed by atoms with Crippen molar-refractivity contribution < 1.29 is 19.5 Å². The van der Waals surface area contributed by atoms with E-state index in [0.29, 0.717) is 15.0 Å². The Morgan fingerprint density at radius 3 is 1.45 bits per heavy atom. The Morgan fingerprint density at radius 1 is 0.650 bits per heavy atom. The van der Waals surface area contributed by atoms with E-state index in [1.54, 1.807) is 27.7 Å². The highest BCUT2D eigenvalue weighted by molar-refractivity contribution is 6.47. The van der Waals surface area contributed by atoms with Crippen LogP contribution < -0.4 is 10.9 Å². The van der Waals surface area contributed by atoms with E-state index in [-0.39, 0.29) is 5.41 Å². The van der Waals surface area contributed by atoms with E-state index in [0.717, 1.165) is 17.3 Å². The molecule has 1 aliphatic rings. The van der Waals surface area contributed by atoms with Crippen LogP contribution in [-0.4, -0.2) is 47.6 Å². The number of benzene rings is 2. The fraction of sp³-hybridized carbons (Fsp3) is 0.647. The van der Waals surface area contributed by atoms with Gasteiger partial charge in [0.15, 0.2) is 0 Å². The van der Waals surface area contributed by atoms with Crippen molar-refractivity contribution in [2.75, 3.05) is 0 Å². The Balaban J connectivity index is 1.91. The van der Waals surface area contributed by atoms with Gasteiger partial charge in [0.2, 0.25) is 0 Å². The third-order valence-electron chi connectivity index (χ3n) is 9.82. The Morgan fingerprint density at radius 2 is 1.05 bits per heavy atom. The number of fused-ring (bicyclic) bond motifs is 3. The van der Waals surface area contributed by atoms with Crippen LogP contribution in [0.2, 0.25) is 0 Å². The summed E-state index contributed by atoms with van der Waals surface area (Å²) >= 11 is 0. The van der Waals surface area contributed by atoms with E-state index in [9.17, 15) is 10.2 Å². The van der Waals surface area contributed by atoms with E-state index in [2.05, 4.69) is 50.2 Å². The lowest BCUT2D eigenvalue weighted by Gasteiger charge is -2.37. The second-order valence-corrected chi connectivity index (χ2v) is 14.3. The van der Waals surface area contributed by atoms with Crippen molar-refractivity contribution in [2.45, 2.75) is 142 Å². The van der Waals surface area contributed by atoms with Gasteiger partial charge in [0.1, 0.15) is 0 Å². The molecule has 0 saturated heterocycles. The van der Waals surface area contributed by atoms with Crippen molar-refractivity contribution in [1.29, 1.82) is 0 Å². The summed E-state index contributed by atoms with van der Waals surface area (Å²) in [6.07, 6.45) is 8.74. The minimum Gasteiger partial charge on any atom is -0.427 e. The molecule has 2 aromatic carbocycles. The standard InChI is InChI=1S/C34H54B2O4/c1-11-12-13-14-15-16-21-34(10)28-22-24(35-39-32(6,7)30(2,3)37)17-19-26(28)27-20-18-25(23-29(27)34)36-40-33(8,9)31(4,5)38/h17-20,22-23,35-38H,11-16,21H2,1-10H3. The van der Waals surface area contributed by atoms with Gasteiger partial charge in [0.05, 0.1) is 22.4 Å². The lowest BCUT2D eigenvalue weighted by atomic mass is 9.72. The van der Waals surface area contributed by atoms with Gasteiger partial charge in [-0.15, -0.1) is 0 Å². The average molecular weight is 548 g/mol. The molecule has 0 heterocycles. The van der Waals surface area contributed by atoms with Crippen LogP contribution in [0.25, 0.3) is 11.1 Å². The molecule has 0 aliphatic heterocycles. The highest BCUT2D eigenvalue weighted by atomic mass is 16.5. The predicted octanol–water partition coefficient (Wildman–Crippen LogP) is 5.81. The zero-order valence-corrected chi connectivity index (χ0v) is 27.0. The first-order chi connectivity index (χ1) is 18.4. The van der Waals surface area contributed by atoms with Crippen molar-refractivity contribution in [3.05, 3.63) is 47.5 Å². The molecular weight excluding hydrogens is 494 g/mol. The topological polar surface area (TPSA) is 58.9 Å². The van der Waals surface area contributed by atoms with E-state index in [1.165, 1.54) is 60.8 Å². The SMILES string of the molecule is CCCCCCCCC1(C)c2cc(BOC(C)(C)C(C)(C)O)ccc2-c2ccc(BOC(C)(C)C(C)(C)O)cc21. The number of hydrogen-bond donors (Lipinski definition) is 2. The van der Waals surface area contributed by atoms with Gasteiger partial charge < -0.3 is 19.5 Å². The van der Waals surface area contributed by atoms with Crippen molar-refractivity contribution >= 4 is 25.9 Å². The van der Waals surface area contributed by atoms with Crippen molar-refractivity contribution in [2.24, 2.45) is 0 Å². The van der Waals surface area contributed by atoms with E-state index >= 15 is 0 Å². The number of aliphatic hydroxyl groups is 2. The molecule has 0 unspecified atom stereocenters. The van der Waals surface area contributed by atoms with Gasteiger partial charge in [-0.05, 0) is 84.1 Å². The molecule has 2 aromatic rings. The first-order valence-corrected chi connectivity index (χ1v) is 15.4. The Kier molecular flexibility index (Phi) is 10.2. The summed E-state index contributed by atoms with van der Waals surface area (Å²) in [5.41, 5.74) is 4.30. The zero-order chi connectivity index (χ0) is 30.0. The molecule has 40 heavy (non-hydrogen) atoms. The van der Waals surface area contributed by atoms with Crippen molar-refractivity contribution in [1.82, 2.24) is 0 Å². The molecule has 0 bridgehead atoms. The maximum atomic E-state index is 10.6. The van der Waals surface area contributed by atoms with Crippen LogP contribution in [0.4, 0.5) is 0 Å². The summed E-state index contributed by atoms with van der Waals surface area (Å²) in [5.74, 6) is 0. The molecule has 220 valence electrons. The molecule has 0 aromatic heterocycles. The van der Waals surface area contributed by atoms with Gasteiger partial charge in [-0.2, -0.15) is 0 Å². The molecule has 3 rings (SSSR count). The molecular formula is C34H54B2O4. The summed E-state index contributed by atoms with van der Waals surface area (Å²) in [7, 11) is 0.914. The molecule has 2 N–H and O–H groups in total. The average Bonchev–Trinajstić information content (AvgIpc) is 3.10. The van der Waals surface area contributed by atoms with Gasteiger partial charge in [-0.3, -0.25) is 0 Å². The molecule has 0 amide bonds. The Bertz CT molecular complexity index is 1060. The third kappa shape index (κ3) is 7.24. The van der Waals surface area contributed by atoms with E-state index in [4.69, 9.17) is 9.31 Å². The van der Waals surface area contributed by atoms with E-state index in [1.807, 2.05) is 27.7 Å². The molecule has 0 spiro atoms. The Labute approximate surface area is 245 Å². The van der Waals surface area contributed by atoms with Gasteiger partial charge in [0, 0.05) is 5.41 Å². The highest BCUT2D eigenvalue weighted by Crippen LogP contribution is 2.50. The minimum atomic E-state index is -0.940. The van der Waals surface area contributed by atoms with Crippen LogP contribution in [0.3, 0.4) is 0 Å². The zero-order valence-electron chi connectivity index (χ0n) is 27.0. The van der Waals surface area contributed by atoms with Crippen LogP contribution in [-0.2, 0) is 14.7 Å². The van der Waals surface area contributed by atoms with Crippen LogP contribution >= 0.6 is 0 Å². The minimum absolute atomic E-state index is 0.0982. The molecule has 0 radical (unpaired) electrons. The molecule has 4 nitrogen and oxygen atoms in total. The number of hydrogen-bond acceptors (Lipinski definition) is 4. The quantitative estimate of drug-likeness (QED) is 0.218. The normalized spacial score (nSPS) is 15.1. The molecule has 6 heteroatoms. The Hall–Kier alpha value is -1.59. The summed E-state index contributed by atoms with van der Waals surface area (Å²) < 4.78 is 12.5. The fourth-order valence-electron chi connectivity index (χ4n) is 5.30. The second kappa shape index (κ2) is 12.3. The van der Waals surface area contributed by atoms with Crippen molar-refractivity contribution in [3.63, 3.8) is 0 Å². The highest BCUT2D eigenvalue weighted by Gasteiger charge is 2.41. The summed E-state index contributed by atoms with van der Waals surface area (Å²) in [5, 5.41) is 21.1. The molecule has 0 fully saturated rings. The monoisotopic (exact) mass is 548 g/mol. The molecule has 1 aliphatic carbocycles. The molecule has 0 atom stereocenters. The number of rotatable bonds is 15. The fourth-order valence-corrected chi connectivity index (χ4v) is 5.30. The largest absolute Gasteiger partial charge is 0.427 e.